The number of nitrogens with one attached hydrogen (secondary N) is 2. The predicted molar refractivity (Wildman–Crippen MR) is 151 cm³/mol. The van der Waals surface area contributed by atoms with Crippen molar-refractivity contribution in [3.63, 3.8) is 0 Å². The number of nitrogens with zero attached hydrogens (tertiary/aromatic N) is 3. The average Bonchev–Trinajstić information content (AvgIpc) is 3.10. The van der Waals surface area contributed by atoms with Crippen LogP contribution in [0, 0.1) is 17.0 Å². The zero-order valence-electron chi connectivity index (χ0n) is 22.1. The van der Waals surface area contributed by atoms with E-state index in [2.05, 4.69) is 20.6 Å². The summed E-state index contributed by atoms with van der Waals surface area (Å²) in [7, 11) is 1.58. The molecule has 0 radical (unpaired) electrons. The van der Waals surface area contributed by atoms with Crippen molar-refractivity contribution < 1.29 is 27.8 Å². The van der Waals surface area contributed by atoms with Crippen LogP contribution in [-0.2, 0) is 9.53 Å². The van der Waals surface area contributed by atoms with E-state index in [0.717, 1.165) is 42.9 Å². The van der Waals surface area contributed by atoms with Gasteiger partial charge in [0.2, 0.25) is 5.82 Å². The molecular weight excluding hydrogens is 579 g/mol. The summed E-state index contributed by atoms with van der Waals surface area (Å²) < 4.78 is 39.5. The molecule has 2 aliphatic heterocycles. The SMILES string of the molecule is CN1C(=O)[C@@H](NC(=O)c2ncc(Cl)c(-c3cc(F)ccc3F)n2)COc2ccc(NCC3(CCl)CCOCC3)cc21. The van der Waals surface area contributed by atoms with Crippen LogP contribution in [0.4, 0.5) is 20.2 Å². The van der Waals surface area contributed by atoms with E-state index in [0.29, 0.717) is 37.1 Å². The van der Waals surface area contributed by atoms with E-state index >= 15 is 0 Å². The zero-order chi connectivity index (χ0) is 29.1. The fourth-order valence-electron chi connectivity index (χ4n) is 4.73. The molecule has 0 unspecified atom stereocenters. The van der Waals surface area contributed by atoms with Gasteiger partial charge in [0.05, 0.1) is 22.6 Å². The molecule has 2 aliphatic rings. The maximum Gasteiger partial charge on any atom is 0.289 e. The second-order valence-corrected chi connectivity index (χ2v) is 10.7. The van der Waals surface area contributed by atoms with Crippen molar-refractivity contribution in [3.05, 3.63) is 65.1 Å². The third-order valence-corrected chi connectivity index (χ3v) is 8.14. The van der Waals surface area contributed by atoms with Crippen molar-refractivity contribution in [2.24, 2.45) is 5.41 Å². The fraction of sp³-hybridized carbons (Fsp3) is 0.357. The standard InChI is InChI=1S/C28H27Cl2F2N5O4/c1-37-22-11-17(34-15-28(14-29)6-8-40-9-7-28)3-5-23(22)41-13-21(27(37)39)35-26(38)25-33-12-19(30)24(36-25)18-10-16(31)2-4-20(18)32/h2-5,10-12,21,34H,6-9,13-15H2,1H3,(H,35,38)/t21-/m0/s1. The van der Waals surface area contributed by atoms with Crippen LogP contribution in [0.2, 0.25) is 5.02 Å². The van der Waals surface area contributed by atoms with Crippen LogP contribution in [-0.4, -0.2) is 67.1 Å². The van der Waals surface area contributed by atoms with Gasteiger partial charge in [-0.05, 0) is 49.2 Å². The van der Waals surface area contributed by atoms with Crippen molar-refractivity contribution in [1.29, 1.82) is 0 Å². The molecule has 3 aromatic rings. The number of aromatic nitrogens is 2. The number of carbonyl (C=O) groups excluding carboxylic acids is 2. The highest BCUT2D eigenvalue weighted by Crippen LogP contribution is 2.36. The second kappa shape index (κ2) is 12.1. The Kier molecular flexibility index (Phi) is 8.58. The summed E-state index contributed by atoms with van der Waals surface area (Å²) in [6.45, 7) is 1.84. The summed E-state index contributed by atoms with van der Waals surface area (Å²) in [5.74, 6) is -2.12. The molecular formula is C28H27Cl2F2N5O4. The quantitative estimate of drug-likeness (QED) is 0.377. The Bertz CT molecular complexity index is 1470. The lowest BCUT2D eigenvalue weighted by Crippen LogP contribution is -2.49. The van der Waals surface area contributed by atoms with Gasteiger partial charge in [0.1, 0.15) is 30.0 Å². The van der Waals surface area contributed by atoms with Gasteiger partial charge in [-0.25, -0.2) is 18.7 Å². The van der Waals surface area contributed by atoms with Gasteiger partial charge >= 0.3 is 0 Å². The van der Waals surface area contributed by atoms with Crippen LogP contribution in [0.3, 0.4) is 0 Å². The maximum absolute atomic E-state index is 14.4. The summed E-state index contributed by atoms with van der Waals surface area (Å²) in [6, 6.07) is 7.14. The lowest BCUT2D eigenvalue weighted by Gasteiger charge is -2.36. The van der Waals surface area contributed by atoms with E-state index < -0.39 is 29.5 Å². The number of hydrogen-bond donors (Lipinski definition) is 2. The highest BCUT2D eigenvalue weighted by Gasteiger charge is 2.33. The van der Waals surface area contributed by atoms with Crippen LogP contribution < -0.4 is 20.3 Å². The average molecular weight is 606 g/mol. The first-order valence-corrected chi connectivity index (χ1v) is 13.8. The van der Waals surface area contributed by atoms with Gasteiger partial charge in [0.15, 0.2) is 0 Å². The molecule has 2 N–H and O–H groups in total. The van der Waals surface area contributed by atoms with Crippen LogP contribution in [0.1, 0.15) is 23.5 Å². The number of fused-ring (bicyclic) bond motifs is 1. The Morgan fingerprint density at radius 2 is 1.98 bits per heavy atom. The zero-order valence-corrected chi connectivity index (χ0v) is 23.6. The lowest BCUT2D eigenvalue weighted by molar-refractivity contribution is -0.120. The summed E-state index contributed by atoms with van der Waals surface area (Å²) >= 11 is 12.4. The van der Waals surface area contributed by atoms with Gasteiger partial charge in [-0.2, -0.15) is 0 Å². The number of halogens is 4. The molecule has 9 nitrogen and oxygen atoms in total. The Hall–Kier alpha value is -3.54. The fourth-order valence-corrected chi connectivity index (χ4v) is 5.29. The predicted octanol–water partition coefficient (Wildman–Crippen LogP) is 4.68. The van der Waals surface area contributed by atoms with Crippen molar-refractivity contribution in [3.8, 4) is 17.0 Å². The molecule has 2 aromatic carbocycles. The molecule has 1 aromatic heterocycles. The molecule has 0 saturated carbocycles. The lowest BCUT2D eigenvalue weighted by atomic mass is 9.82. The van der Waals surface area contributed by atoms with Crippen molar-refractivity contribution in [2.75, 3.05) is 49.5 Å². The number of likely N-dealkylation sites (N-methyl/N-ethyl adjacent to an activating group) is 1. The Morgan fingerprint density at radius 3 is 2.73 bits per heavy atom. The molecule has 1 fully saturated rings. The van der Waals surface area contributed by atoms with Crippen molar-refractivity contribution in [1.82, 2.24) is 15.3 Å². The molecule has 0 aliphatic carbocycles. The molecule has 13 heteroatoms. The van der Waals surface area contributed by atoms with Crippen molar-refractivity contribution >= 4 is 46.4 Å². The Morgan fingerprint density at radius 1 is 1.20 bits per heavy atom. The summed E-state index contributed by atoms with van der Waals surface area (Å²) in [5, 5.41) is 5.93. The van der Waals surface area contributed by atoms with Crippen molar-refractivity contribution in [2.45, 2.75) is 18.9 Å². The largest absolute Gasteiger partial charge is 0.489 e. The van der Waals surface area contributed by atoms with E-state index in [-0.39, 0.29) is 34.1 Å². The first-order valence-electron chi connectivity index (χ1n) is 12.9. The molecule has 5 rings (SSSR count). The number of benzene rings is 2. The first-order chi connectivity index (χ1) is 19.7. The molecule has 1 saturated heterocycles. The molecule has 216 valence electrons. The van der Waals surface area contributed by atoms with Gasteiger partial charge in [-0.1, -0.05) is 11.6 Å². The summed E-state index contributed by atoms with van der Waals surface area (Å²) in [6.07, 6.45) is 2.82. The molecule has 41 heavy (non-hydrogen) atoms. The molecule has 2 amide bonds. The summed E-state index contributed by atoms with van der Waals surface area (Å²) in [5.41, 5.74) is 0.846. The second-order valence-electron chi connectivity index (χ2n) is 10.0. The van der Waals surface area contributed by atoms with E-state index in [9.17, 15) is 18.4 Å². The third-order valence-electron chi connectivity index (χ3n) is 7.29. The first kappa shape index (κ1) is 29.0. The van der Waals surface area contributed by atoms with E-state index in [1.54, 1.807) is 19.2 Å². The minimum absolute atomic E-state index is 0.0756. The number of amides is 2. The highest BCUT2D eigenvalue weighted by atomic mass is 35.5. The van der Waals surface area contributed by atoms with E-state index in [1.807, 2.05) is 6.07 Å². The number of rotatable bonds is 7. The Labute approximate surface area is 245 Å². The normalized spacial score (nSPS) is 18.2. The molecule has 0 spiro atoms. The number of carbonyl (C=O) groups is 2. The van der Waals surface area contributed by atoms with Gasteiger partial charge < -0.3 is 25.0 Å². The Balaban J connectivity index is 1.30. The highest BCUT2D eigenvalue weighted by molar-refractivity contribution is 6.33. The van der Waals surface area contributed by atoms with Gasteiger partial charge in [0, 0.05) is 49.4 Å². The number of alkyl halides is 1. The monoisotopic (exact) mass is 605 g/mol. The van der Waals surface area contributed by atoms with E-state index in [4.69, 9.17) is 32.7 Å². The number of anilines is 2. The molecule has 0 bridgehead atoms. The minimum Gasteiger partial charge on any atom is -0.489 e. The van der Waals surface area contributed by atoms with Gasteiger partial charge in [-0.3, -0.25) is 9.59 Å². The van der Waals surface area contributed by atoms with Gasteiger partial charge in [0.25, 0.3) is 11.8 Å². The molecule has 3 heterocycles. The third kappa shape index (κ3) is 6.22. The van der Waals surface area contributed by atoms with Crippen LogP contribution >= 0.6 is 23.2 Å². The van der Waals surface area contributed by atoms with Crippen LogP contribution in [0.15, 0.2) is 42.6 Å². The topological polar surface area (TPSA) is 106 Å². The smallest absolute Gasteiger partial charge is 0.289 e. The van der Waals surface area contributed by atoms with Gasteiger partial charge in [-0.15, -0.1) is 11.6 Å². The van der Waals surface area contributed by atoms with E-state index in [1.165, 1.54) is 4.90 Å². The molecule has 1 atom stereocenters. The van der Waals surface area contributed by atoms with Crippen LogP contribution in [0.5, 0.6) is 5.75 Å². The van der Waals surface area contributed by atoms with Crippen LogP contribution in [0.25, 0.3) is 11.3 Å². The number of hydrogen-bond acceptors (Lipinski definition) is 7. The number of ether oxygens (including phenoxy) is 2. The minimum atomic E-state index is -1.08. The summed E-state index contributed by atoms with van der Waals surface area (Å²) in [4.78, 5) is 35.7. The maximum atomic E-state index is 14.4.